The molecule has 2 aliphatic rings. The quantitative estimate of drug-likeness (QED) is 0.733. The van der Waals surface area contributed by atoms with Crippen molar-refractivity contribution in [1.29, 1.82) is 0 Å². The molecule has 128 valence electrons. The third kappa shape index (κ3) is 4.20. The van der Waals surface area contributed by atoms with Crippen LogP contribution in [0, 0.1) is 0 Å². The second kappa shape index (κ2) is 7.75. The molecule has 2 heterocycles. The zero-order valence-corrected chi connectivity index (χ0v) is 14.5. The van der Waals surface area contributed by atoms with Gasteiger partial charge in [0.25, 0.3) is 0 Å². The first-order valence-electron chi connectivity index (χ1n) is 8.32. The molecule has 0 aliphatic carbocycles. The van der Waals surface area contributed by atoms with E-state index >= 15 is 0 Å². The molecular formula is C15H28N2O4S. The predicted octanol–water partition coefficient (Wildman–Crippen LogP) is 1.22. The minimum absolute atomic E-state index is 0.0881. The zero-order valence-electron chi connectivity index (χ0n) is 13.7. The highest BCUT2D eigenvalue weighted by Gasteiger charge is 2.37. The molecule has 2 rings (SSSR count). The summed E-state index contributed by atoms with van der Waals surface area (Å²) < 4.78 is 31.8. The van der Waals surface area contributed by atoms with Gasteiger partial charge in [0.2, 0.25) is 15.9 Å². The highest BCUT2D eigenvalue weighted by molar-refractivity contribution is 7.89. The Labute approximate surface area is 133 Å². The lowest BCUT2D eigenvalue weighted by atomic mass is 10.0. The topological polar surface area (TPSA) is 66.9 Å². The van der Waals surface area contributed by atoms with E-state index in [1.165, 1.54) is 4.31 Å². The molecule has 0 aromatic carbocycles. The van der Waals surface area contributed by atoms with Crippen molar-refractivity contribution in [2.24, 2.45) is 0 Å². The van der Waals surface area contributed by atoms with Crippen molar-refractivity contribution in [3.8, 4) is 0 Å². The van der Waals surface area contributed by atoms with E-state index in [0.29, 0.717) is 25.9 Å². The van der Waals surface area contributed by atoms with Crippen LogP contribution in [0.15, 0.2) is 0 Å². The van der Waals surface area contributed by atoms with Crippen LogP contribution in [0.2, 0.25) is 0 Å². The number of ether oxygens (including phenoxy) is 1. The lowest BCUT2D eigenvalue weighted by molar-refractivity contribution is -0.136. The molecule has 2 atom stereocenters. The zero-order chi connectivity index (χ0) is 16.2. The van der Waals surface area contributed by atoms with E-state index in [9.17, 15) is 13.2 Å². The molecule has 7 heteroatoms. The number of sulfonamides is 1. The Morgan fingerprint density at radius 1 is 1.27 bits per heavy atom. The Balaban J connectivity index is 2.04. The SMILES string of the molecule is CCCS(=O)(=O)N1CCCCC1C(=O)N(C)CC1CCCO1. The van der Waals surface area contributed by atoms with Crippen LogP contribution in [0.5, 0.6) is 0 Å². The van der Waals surface area contributed by atoms with Gasteiger partial charge in [0, 0.05) is 26.7 Å². The maximum absolute atomic E-state index is 12.7. The number of carbonyl (C=O) groups is 1. The summed E-state index contributed by atoms with van der Waals surface area (Å²) in [5.41, 5.74) is 0. The summed E-state index contributed by atoms with van der Waals surface area (Å²) in [5, 5.41) is 0. The average molecular weight is 332 g/mol. The molecule has 0 radical (unpaired) electrons. The van der Waals surface area contributed by atoms with Crippen molar-refractivity contribution in [1.82, 2.24) is 9.21 Å². The normalized spacial score (nSPS) is 27.0. The first-order chi connectivity index (χ1) is 10.5. The van der Waals surface area contributed by atoms with Gasteiger partial charge in [-0.05, 0) is 32.1 Å². The molecule has 0 saturated carbocycles. The van der Waals surface area contributed by atoms with Gasteiger partial charge in [-0.15, -0.1) is 0 Å². The molecule has 2 aliphatic heterocycles. The molecule has 2 unspecified atom stereocenters. The van der Waals surface area contributed by atoms with Crippen LogP contribution >= 0.6 is 0 Å². The first kappa shape index (κ1) is 17.7. The van der Waals surface area contributed by atoms with Crippen LogP contribution < -0.4 is 0 Å². The van der Waals surface area contributed by atoms with Crippen LogP contribution in [0.25, 0.3) is 0 Å². The van der Waals surface area contributed by atoms with Crippen molar-refractivity contribution >= 4 is 15.9 Å². The summed E-state index contributed by atoms with van der Waals surface area (Å²) in [6, 6.07) is -0.531. The van der Waals surface area contributed by atoms with Crippen molar-refractivity contribution in [3.63, 3.8) is 0 Å². The summed E-state index contributed by atoms with van der Waals surface area (Å²) in [7, 11) is -1.58. The third-order valence-electron chi connectivity index (χ3n) is 4.44. The van der Waals surface area contributed by atoms with Crippen LogP contribution in [0.3, 0.4) is 0 Å². The molecule has 0 aromatic rings. The van der Waals surface area contributed by atoms with Crippen LogP contribution in [-0.2, 0) is 19.6 Å². The fraction of sp³-hybridized carbons (Fsp3) is 0.933. The molecule has 0 N–H and O–H groups in total. The molecular weight excluding hydrogens is 304 g/mol. The summed E-state index contributed by atoms with van der Waals surface area (Å²) in [6.45, 7) is 3.62. The van der Waals surface area contributed by atoms with Gasteiger partial charge in [0.1, 0.15) is 6.04 Å². The smallest absolute Gasteiger partial charge is 0.240 e. The van der Waals surface area contributed by atoms with Crippen molar-refractivity contribution < 1.29 is 17.9 Å². The van der Waals surface area contributed by atoms with E-state index in [2.05, 4.69) is 0 Å². The maximum atomic E-state index is 12.7. The van der Waals surface area contributed by atoms with E-state index in [1.807, 2.05) is 6.92 Å². The van der Waals surface area contributed by atoms with E-state index in [1.54, 1.807) is 11.9 Å². The fourth-order valence-corrected chi connectivity index (χ4v) is 5.04. The largest absolute Gasteiger partial charge is 0.376 e. The summed E-state index contributed by atoms with van der Waals surface area (Å²) >= 11 is 0. The second-order valence-electron chi connectivity index (χ2n) is 6.29. The first-order valence-corrected chi connectivity index (χ1v) is 9.92. The number of amides is 1. The summed E-state index contributed by atoms with van der Waals surface area (Å²) in [6.07, 6.45) is 5.04. The van der Waals surface area contributed by atoms with Crippen molar-refractivity contribution in [2.75, 3.05) is 32.5 Å². The third-order valence-corrected chi connectivity index (χ3v) is 6.51. The number of hydrogen-bond acceptors (Lipinski definition) is 4. The fourth-order valence-electron chi connectivity index (χ4n) is 3.30. The van der Waals surface area contributed by atoms with Gasteiger partial charge in [0.15, 0.2) is 0 Å². The van der Waals surface area contributed by atoms with E-state index < -0.39 is 16.1 Å². The number of hydrogen-bond donors (Lipinski definition) is 0. The molecule has 2 saturated heterocycles. The van der Waals surface area contributed by atoms with Crippen LogP contribution in [0.4, 0.5) is 0 Å². The molecule has 0 bridgehead atoms. The Kier molecular flexibility index (Phi) is 6.23. The summed E-state index contributed by atoms with van der Waals surface area (Å²) in [4.78, 5) is 14.4. The predicted molar refractivity (Wildman–Crippen MR) is 85.0 cm³/mol. The van der Waals surface area contributed by atoms with Gasteiger partial charge in [-0.1, -0.05) is 13.3 Å². The minimum atomic E-state index is -3.33. The number of piperidine rings is 1. The Bertz CT molecular complexity index is 474. The Hall–Kier alpha value is -0.660. The van der Waals surface area contributed by atoms with Crippen molar-refractivity contribution in [3.05, 3.63) is 0 Å². The molecule has 1 amide bonds. The monoisotopic (exact) mass is 332 g/mol. The maximum Gasteiger partial charge on any atom is 0.240 e. The van der Waals surface area contributed by atoms with E-state index in [4.69, 9.17) is 4.74 Å². The second-order valence-corrected chi connectivity index (χ2v) is 8.33. The van der Waals surface area contributed by atoms with Crippen molar-refractivity contribution in [2.45, 2.75) is 57.6 Å². The average Bonchev–Trinajstić information content (AvgIpc) is 2.99. The summed E-state index contributed by atoms with van der Waals surface area (Å²) in [5.74, 6) is 0.0292. The highest BCUT2D eigenvalue weighted by Crippen LogP contribution is 2.23. The molecule has 22 heavy (non-hydrogen) atoms. The number of rotatable bonds is 6. The van der Waals surface area contributed by atoms with E-state index in [-0.39, 0.29) is 17.8 Å². The number of carbonyl (C=O) groups excluding carboxylic acids is 1. The van der Waals surface area contributed by atoms with Gasteiger partial charge >= 0.3 is 0 Å². The van der Waals surface area contributed by atoms with Crippen LogP contribution in [0.1, 0.15) is 45.4 Å². The van der Waals surface area contributed by atoms with Gasteiger partial charge < -0.3 is 9.64 Å². The molecule has 0 spiro atoms. The van der Waals surface area contributed by atoms with E-state index in [0.717, 1.165) is 32.3 Å². The number of nitrogens with zero attached hydrogens (tertiary/aromatic N) is 2. The van der Waals surface area contributed by atoms with Gasteiger partial charge in [-0.25, -0.2) is 8.42 Å². The molecule has 2 fully saturated rings. The van der Waals surface area contributed by atoms with Gasteiger partial charge in [0.05, 0.1) is 11.9 Å². The number of likely N-dealkylation sites (N-methyl/N-ethyl adjacent to an activating group) is 1. The highest BCUT2D eigenvalue weighted by atomic mass is 32.2. The molecule has 0 aromatic heterocycles. The van der Waals surface area contributed by atoms with Gasteiger partial charge in [-0.3, -0.25) is 4.79 Å². The standard InChI is InChI=1S/C15H28N2O4S/c1-3-11-22(19,20)17-9-5-4-8-14(17)15(18)16(2)12-13-7-6-10-21-13/h13-14H,3-12H2,1-2H3. The molecule has 6 nitrogen and oxygen atoms in total. The van der Waals surface area contributed by atoms with Crippen LogP contribution in [-0.4, -0.2) is 68.2 Å². The minimum Gasteiger partial charge on any atom is -0.376 e. The Morgan fingerprint density at radius 3 is 2.68 bits per heavy atom. The lowest BCUT2D eigenvalue weighted by Crippen LogP contribution is -2.53. The lowest BCUT2D eigenvalue weighted by Gasteiger charge is -2.36. The Morgan fingerprint density at radius 2 is 2.05 bits per heavy atom. The van der Waals surface area contributed by atoms with Gasteiger partial charge in [-0.2, -0.15) is 4.31 Å².